The second kappa shape index (κ2) is 6.95. The van der Waals surface area contributed by atoms with Crippen molar-refractivity contribution in [1.82, 2.24) is 0 Å². The summed E-state index contributed by atoms with van der Waals surface area (Å²) in [5.41, 5.74) is 2.33. The summed E-state index contributed by atoms with van der Waals surface area (Å²) in [5.74, 6) is 0. The van der Waals surface area contributed by atoms with Crippen LogP contribution in [0.1, 0.15) is 17.5 Å². The van der Waals surface area contributed by atoms with Crippen LogP contribution in [0.25, 0.3) is 5.57 Å². The molecular formula is C18H17ClO2S. The zero-order valence-corrected chi connectivity index (χ0v) is 13.9. The van der Waals surface area contributed by atoms with Crippen molar-refractivity contribution in [3.63, 3.8) is 0 Å². The molecule has 2 aromatic rings. The van der Waals surface area contributed by atoms with Gasteiger partial charge < -0.3 is 0 Å². The van der Waals surface area contributed by atoms with Crippen molar-refractivity contribution in [3.05, 3.63) is 82.7 Å². The second-order valence-electron chi connectivity index (χ2n) is 4.93. The summed E-state index contributed by atoms with van der Waals surface area (Å²) in [4.78, 5) is 0.195. The van der Waals surface area contributed by atoms with Gasteiger partial charge in [0.25, 0.3) is 0 Å². The number of hydrogen-bond donors (Lipinski definition) is 0. The Morgan fingerprint density at radius 2 is 1.68 bits per heavy atom. The molecule has 2 rings (SSSR count). The Bertz CT molecular complexity index is 789. The minimum Gasteiger partial charge on any atom is -0.218 e. The van der Waals surface area contributed by atoms with Crippen LogP contribution in [0.5, 0.6) is 0 Å². The SMILES string of the molecule is C=CC/C(=C(\Cl)S(=O)(=O)c1ccc(C)cc1)c1ccccc1. The molecular weight excluding hydrogens is 316 g/mol. The topological polar surface area (TPSA) is 34.1 Å². The number of allylic oxidation sites excluding steroid dienone is 2. The first-order chi connectivity index (χ1) is 10.5. The van der Waals surface area contributed by atoms with Crippen molar-refractivity contribution < 1.29 is 8.42 Å². The fourth-order valence-corrected chi connectivity index (χ4v) is 3.76. The van der Waals surface area contributed by atoms with Gasteiger partial charge in [-0.1, -0.05) is 65.7 Å². The molecule has 0 atom stereocenters. The van der Waals surface area contributed by atoms with Gasteiger partial charge in [-0.05, 0) is 36.6 Å². The Kier molecular flexibility index (Phi) is 5.22. The van der Waals surface area contributed by atoms with Crippen molar-refractivity contribution in [2.45, 2.75) is 18.2 Å². The van der Waals surface area contributed by atoms with Crippen LogP contribution >= 0.6 is 11.6 Å². The lowest BCUT2D eigenvalue weighted by atomic mass is 10.1. The van der Waals surface area contributed by atoms with E-state index < -0.39 is 9.84 Å². The molecule has 0 bridgehead atoms. The number of aryl methyl sites for hydroxylation is 1. The van der Waals surface area contributed by atoms with Gasteiger partial charge in [0.15, 0.2) is 0 Å². The fourth-order valence-electron chi connectivity index (χ4n) is 2.08. The molecule has 0 amide bonds. The first-order valence-corrected chi connectivity index (χ1v) is 8.69. The monoisotopic (exact) mass is 332 g/mol. The van der Waals surface area contributed by atoms with E-state index in [0.29, 0.717) is 12.0 Å². The van der Waals surface area contributed by atoms with Gasteiger partial charge >= 0.3 is 0 Å². The van der Waals surface area contributed by atoms with Gasteiger partial charge in [0.1, 0.15) is 4.36 Å². The lowest BCUT2D eigenvalue weighted by molar-refractivity contribution is 0.604. The predicted molar refractivity (Wildman–Crippen MR) is 92.4 cm³/mol. The fraction of sp³-hybridized carbons (Fsp3) is 0.111. The maximum Gasteiger partial charge on any atom is 0.217 e. The quantitative estimate of drug-likeness (QED) is 0.726. The van der Waals surface area contributed by atoms with E-state index in [9.17, 15) is 8.42 Å². The molecule has 0 heterocycles. The largest absolute Gasteiger partial charge is 0.218 e. The minimum atomic E-state index is -3.73. The molecule has 114 valence electrons. The van der Waals surface area contributed by atoms with Crippen LogP contribution in [0.3, 0.4) is 0 Å². The molecule has 0 aliphatic heterocycles. The highest BCUT2D eigenvalue weighted by Crippen LogP contribution is 2.32. The summed E-state index contributed by atoms with van der Waals surface area (Å²) in [5, 5.41) is 0. The second-order valence-corrected chi connectivity index (χ2v) is 7.42. The van der Waals surface area contributed by atoms with Crippen molar-refractivity contribution >= 4 is 27.0 Å². The smallest absolute Gasteiger partial charge is 0.217 e. The summed E-state index contributed by atoms with van der Waals surface area (Å²) >= 11 is 6.27. The molecule has 0 saturated carbocycles. The molecule has 0 radical (unpaired) electrons. The van der Waals surface area contributed by atoms with Gasteiger partial charge in [-0.25, -0.2) is 8.42 Å². The number of hydrogen-bond acceptors (Lipinski definition) is 2. The molecule has 22 heavy (non-hydrogen) atoms. The Hall–Kier alpha value is -1.84. The van der Waals surface area contributed by atoms with E-state index in [1.807, 2.05) is 37.3 Å². The summed E-state index contributed by atoms with van der Waals surface area (Å²) in [7, 11) is -3.73. The van der Waals surface area contributed by atoms with Gasteiger partial charge in [-0.2, -0.15) is 0 Å². The third-order valence-corrected chi connectivity index (χ3v) is 5.72. The van der Waals surface area contributed by atoms with E-state index in [0.717, 1.165) is 11.1 Å². The molecule has 0 spiro atoms. The van der Waals surface area contributed by atoms with Gasteiger partial charge in [-0.3, -0.25) is 0 Å². The standard InChI is InChI=1S/C18H17ClO2S/c1-3-7-17(15-8-5-4-6-9-15)18(19)22(20,21)16-12-10-14(2)11-13-16/h3-6,8-13H,1,7H2,2H3/b18-17-. The van der Waals surface area contributed by atoms with E-state index >= 15 is 0 Å². The van der Waals surface area contributed by atoms with Gasteiger partial charge in [0, 0.05) is 0 Å². The van der Waals surface area contributed by atoms with Crippen molar-refractivity contribution in [2.75, 3.05) is 0 Å². The van der Waals surface area contributed by atoms with Crippen LogP contribution < -0.4 is 0 Å². The van der Waals surface area contributed by atoms with Crippen molar-refractivity contribution in [2.24, 2.45) is 0 Å². The van der Waals surface area contributed by atoms with Crippen LogP contribution in [-0.2, 0) is 9.84 Å². The highest BCUT2D eigenvalue weighted by atomic mass is 35.5. The molecule has 2 aromatic carbocycles. The summed E-state index contributed by atoms with van der Waals surface area (Å²) < 4.78 is 25.3. The lowest BCUT2D eigenvalue weighted by Gasteiger charge is -2.11. The first kappa shape index (κ1) is 16.5. The van der Waals surface area contributed by atoms with Crippen LogP contribution in [-0.4, -0.2) is 8.42 Å². The van der Waals surface area contributed by atoms with Gasteiger partial charge in [0.05, 0.1) is 4.90 Å². The number of rotatable bonds is 5. The number of sulfone groups is 1. The van der Waals surface area contributed by atoms with Crippen LogP contribution in [0.15, 0.2) is 76.5 Å². The van der Waals surface area contributed by atoms with E-state index in [1.165, 1.54) is 0 Å². The summed E-state index contributed by atoms with van der Waals surface area (Å²) in [6.45, 7) is 5.59. The molecule has 4 heteroatoms. The molecule has 0 aromatic heterocycles. The van der Waals surface area contributed by atoms with E-state index in [1.54, 1.807) is 30.3 Å². The van der Waals surface area contributed by atoms with Gasteiger partial charge in [-0.15, -0.1) is 6.58 Å². The van der Waals surface area contributed by atoms with Crippen LogP contribution in [0, 0.1) is 6.92 Å². The van der Waals surface area contributed by atoms with Crippen LogP contribution in [0.4, 0.5) is 0 Å². The Balaban J connectivity index is 2.59. The van der Waals surface area contributed by atoms with Crippen LogP contribution in [0.2, 0.25) is 0 Å². The Morgan fingerprint density at radius 1 is 1.09 bits per heavy atom. The van der Waals surface area contributed by atoms with Crippen molar-refractivity contribution in [1.29, 1.82) is 0 Å². The average molecular weight is 333 g/mol. The third kappa shape index (κ3) is 3.49. The van der Waals surface area contributed by atoms with Gasteiger partial charge in [0.2, 0.25) is 9.84 Å². The Labute approximate surface area is 136 Å². The lowest BCUT2D eigenvalue weighted by Crippen LogP contribution is -2.03. The Morgan fingerprint density at radius 3 is 2.23 bits per heavy atom. The average Bonchev–Trinajstić information content (AvgIpc) is 2.53. The van der Waals surface area contributed by atoms with E-state index in [-0.39, 0.29) is 9.26 Å². The maximum atomic E-state index is 12.7. The predicted octanol–water partition coefficient (Wildman–Crippen LogP) is 4.95. The molecule has 2 nitrogen and oxygen atoms in total. The molecule has 0 fully saturated rings. The van der Waals surface area contributed by atoms with Crippen molar-refractivity contribution in [3.8, 4) is 0 Å². The molecule has 0 saturated heterocycles. The summed E-state index contributed by atoms with van der Waals surface area (Å²) in [6, 6.07) is 15.9. The summed E-state index contributed by atoms with van der Waals surface area (Å²) in [6.07, 6.45) is 2.03. The highest BCUT2D eigenvalue weighted by molar-refractivity contribution is 7.97. The maximum absolute atomic E-state index is 12.7. The van der Waals surface area contributed by atoms with E-state index in [2.05, 4.69) is 6.58 Å². The minimum absolute atomic E-state index is 0.151. The normalized spacial score (nSPS) is 12.6. The zero-order chi connectivity index (χ0) is 16.2. The third-order valence-electron chi connectivity index (χ3n) is 3.28. The molecule has 0 N–H and O–H groups in total. The molecule has 0 aliphatic rings. The van der Waals surface area contributed by atoms with E-state index in [4.69, 9.17) is 11.6 Å². The number of halogens is 1. The number of benzene rings is 2. The highest BCUT2D eigenvalue weighted by Gasteiger charge is 2.23. The first-order valence-electron chi connectivity index (χ1n) is 6.83. The molecule has 0 unspecified atom stereocenters. The molecule has 0 aliphatic carbocycles. The zero-order valence-electron chi connectivity index (χ0n) is 12.3.